The van der Waals surface area contributed by atoms with Crippen LogP contribution in [0.1, 0.15) is 166 Å². The number of anilines is 3. The summed E-state index contributed by atoms with van der Waals surface area (Å²) in [5.74, 6) is -8.22. The Hall–Kier alpha value is -11.5. The SMILES string of the molecule is CO[C@H]1C[C@@H]2CC[C@@H](C)[C@@](O)(O2)C(=O)C(=O)N2CCCC[C@H]2C(=O)O[C@H]([C@H](N)C[C@@H]2CC[C@H](n3cc(COC(=O)NCCOCCOCCOCCC(=O)NCc4cnc(N5CCN(c6ncc(C(=O)NCCCCn7nc(-c8cc9cc(O)ccc9[nH]8)c8c(N)ncnc87)cn6)CC5)nc4)nn3)[C@H](OC)C2)CC(=O)[C@H](C)/C=C(\C)[C@@H](O)[C@@H](O)C(=O)[C@H](C)C[C@H](C)/C=C/C=CC=C1C. The number of nitrogens with two attached hydrogens (primary N) is 2. The number of aryl methyl sites for hydroxylation is 1. The van der Waals surface area contributed by atoms with Crippen molar-refractivity contribution >= 4 is 86.8 Å². The number of piperazine rings is 1. The average molecular weight is 1850 g/mol. The van der Waals surface area contributed by atoms with Crippen LogP contribution in [-0.4, -0.2) is 286 Å². The van der Waals surface area contributed by atoms with Crippen molar-refractivity contribution in [3.8, 4) is 17.1 Å². The van der Waals surface area contributed by atoms with Gasteiger partial charge in [-0.2, -0.15) is 5.10 Å². The number of phenolic OH excluding ortho intramolecular Hbond substituents is 1. The molecule has 12 N–H and O–H groups in total. The standard InChI is InChI=1S/C93H128N20O20/c1-56-16-10-9-11-17-57(2)75(126-7)46-68-22-19-61(6)93(125,133-68)84(120)88(122)111-28-14-12-18-73(111)89(123)132-76(47-74(115)58(3)41-60(5)82(118)83(119)81(117)59(4)40-56)69(94)42-62-20-24-72(77(43-62)127-8)113-53-66(106-108-113)54-131-92(124)97-27-35-129-37-39-130-38-36-128-34-25-78(116)98-48-63-49-99-90(100-50-63)109-30-32-110(33-31-109)91-101-51-65(52-102-91)87(121)96-26-13-15-29-112-86-79(85(95)103-55-104-86)80(107-112)71-45-64-44-67(114)21-23-70(64)105-71/h9-11,16-17,21,23,41,44-45,49-53,55-56,58-59,61-62,68-69,72-73,75-77,82-83,105,114,118-119,125H,12-15,18-20,22,24-40,42-43,46-48,54,94H2,1-8H3,(H,96,121)(H,97,124)(H,98,116)(H2,95,103,104)/b11-9?,16-10+,57-17?,60-41+/t56-,58-,59-,61-,62+,68+,69-,72+,73+,75+,76+,77-,82-,83+,93-/m1/s1. The van der Waals surface area contributed by atoms with Gasteiger partial charge >= 0.3 is 12.1 Å². The number of piperidine rings is 1. The van der Waals surface area contributed by atoms with E-state index in [4.69, 9.17) is 54.5 Å². The highest BCUT2D eigenvalue weighted by Crippen LogP contribution is 2.40. The van der Waals surface area contributed by atoms with Gasteiger partial charge in [-0.05, 0) is 138 Å². The zero-order valence-electron chi connectivity index (χ0n) is 77.0. The number of carbonyl (C=O) groups is 8. The van der Waals surface area contributed by atoms with Crippen molar-refractivity contribution in [2.45, 2.75) is 218 Å². The Morgan fingerprint density at radius 3 is 2.20 bits per heavy atom. The number of nitrogen functional groups attached to an aromatic ring is 1. The number of unbranched alkanes of at least 4 members (excludes halogenated alkanes) is 1. The molecule has 40 heteroatoms. The summed E-state index contributed by atoms with van der Waals surface area (Å²) in [5, 5.41) is 68.1. The maximum absolute atomic E-state index is 14.7. The van der Waals surface area contributed by atoms with Crippen LogP contribution in [0.3, 0.4) is 0 Å². The van der Waals surface area contributed by atoms with E-state index in [1.165, 1.54) is 31.7 Å². The van der Waals surface area contributed by atoms with Crippen LogP contribution in [0.4, 0.5) is 22.5 Å². The zero-order valence-corrected chi connectivity index (χ0v) is 77.0. The number of nitrogens with zero attached hydrogens (tertiary/aromatic N) is 14. The first kappa shape index (κ1) is 101. The number of hydrogen-bond acceptors (Lipinski definition) is 33. The van der Waals surface area contributed by atoms with Gasteiger partial charge in [0.25, 0.3) is 17.6 Å². The third-order valence-electron chi connectivity index (χ3n) is 25.4. The molecule has 4 fully saturated rings. The van der Waals surface area contributed by atoms with Crippen LogP contribution < -0.4 is 37.2 Å². The number of alkyl carbamates (subject to hydrolysis) is 1. The number of benzene rings is 1. The van der Waals surface area contributed by atoms with Gasteiger partial charge in [-0.3, -0.25) is 28.8 Å². The molecule has 0 spiro atoms. The van der Waals surface area contributed by atoms with Crippen LogP contribution in [0.25, 0.3) is 33.3 Å². The smallest absolute Gasteiger partial charge is 0.407 e. The van der Waals surface area contributed by atoms with Crippen molar-refractivity contribution in [2.24, 2.45) is 35.3 Å². The average Bonchev–Trinajstić information content (AvgIpc) is 1.65. The van der Waals surface area contributed by atoms with E-state index in [1.807, 2.05) is 55.2 Å². The van der Waals surface area contributed by atoms with Crippen LogP contribution in [-0.2, 0) is 86.4 Å². The van der Waals surface area contributed by atoms with Crippen LogP contribution in [0.5, 0.6) is 5.75 Å². The van der Waals surface area contributed by atoms with Crippen molar-refractivity contribution < 1.29 is 96.7 Å². The maximum Gasteiger partial charge on any atom is 0.407 e. The number of ether oxygens (including phenoxy) is 8. The molecule has 0 unspecified atom stereocenters. The van der Waals surface area contributed by atoms with Crippen molar-refractivity contribution in [1.82, 2.24) is 80.5 Å². The van der Waals surface area contributed by atoms with Gasteiger partial charge in [-0.1, -0.05) is 69.4 Å². The molecule has 6 aromatic heterocycles. The van der Waals surface area contributed by atoms with Gasteiger partial charge in [0.1, 0.15) is 66.0 Å². The number of aliphatic hydroxyl groups is 3. The van der Waals surface area contributed by atoms with E-state index in [-0.39, 0.29) is 133 Å². The molecule has 3 saturated heterocycles. The number of aromatic amines is 1. The number of phenols is 1. The first-order chi connectivity index (χ1) is 64.1. The van der Waals surface area contributed by atoms with E-state index in [1.54, 1.807) is 81.1 Å². The zero-order chi connectivity index (χ0) is 94.8. The predicted molar refractivity (Wildman–Crippen MR) is 488 cm³/mol. The summed E-state index contributed by atoms with van der Waals surface area (Å²) in [4.78, 5) is 146. The number of Topliss-reactive ketones (excluding diaryl/α,β-unsaturated/α-hetero) is 3. The van der Waals surface area contributed by atoms with Crippen molar-refractivity contribution in [1.29, 1.82) is 0 Å². The summed E-state index contributed by atoms with van der Waals surface area (Å²) < 4.78 is 50.1. The number of rotatable bonds is 31. The first-order valence-electron chi connectivity index (χ1n) is 46.0. The number of aromatic nitrogens is 12. The third kappa shape index (κ3) is 27.2. The van der Waals surface area contributed by atoms with E-state index in [0.717, 1.165) is 32.6 Å². The minimum absolute atomic E-state index is 0.00421. The van der Waals surface area contributed by atoms with E-state index < -0.39 is 114 Å². The largest absolute Gasteiger partial charge is 0.508 e. The number of esters is 1. The predicted octanol–water partition coefficient (Wildman–Crippen LogP) is 6.36. The summed E-state index contributed by atoms with van der Waals surface area (Å²) in [5.41, 5.74) is 18.6. The number of carbonyl (C=O) groups excluding carboxylic acids is 8. The number of amides is 4. The molecule has 10 heterocycles. The number of nitrogens with one attached hydrogen (secondary N) is 4. The number of aromatic hydroxyl groups is 1. The molecule has 2 bridgehead atoms. The first-order valence-corrected chi connectivity index (χ1v) is 46.0. The van der Waals surface area contributed by atoms with Gasteiger partial charge in [0.15, 0.2) is 11.4 Å². The fourth-order valence-electron chi connectivity index (χ4n) is 17.6. The number of allylic oxidation sites excluding steroid dienone is 6. The van der Waals surface area contributed by atoms with Gasteiger partial charge in [0.05, 0.1) is 86.8 Å². The van der Waals surface area contributed by atoms with Gasteiger partial charge in [-0.15, -0.1) is 5.10 Å². The van der Waals surface area contributed by atoms with Crippen molar-refractivity contribution in [3.63, 3.8) is 0 Å². The summed E-state index contributed by atoms with van der Waals surface area (Å²) in [6.07, 6.45) is 18.8. The fourth-order valence-corrected chi connectivity index (χ4v) is 17.6. The van der Waals surface area contributed by atoms with Gasteiger partial charge in [-0.25, -0.2) is 48.9 Å². The van der Waals surface area contributed by atoms with Crippen LogP contribution in [0.2, 0.25) is 0 Å². The van der Waals surface area contributed by atoms with Crippen LogP contribution in [0.15, 0.2) is 109 Å². The number of hydrogen-bond donors (Lipinski definition) is 10. The molecule has 40 nitrogen and oxygen atoms in total. The second-order valence-electron chi connectivity index (χ2n) is 35.2. The summed E-state index contributed by atoms with van der Waals surface area (Å²) in [7, 11) is 3.12. The molecule has 15 atom stereocenters. The number of cyclic esters (lactones) is 1. The molecular weight excluding hydrogens is 1720 g/mol. The highest BCUT2D eigenvalue weighted by molar-refractivity contribution is 6.39. The molecule has 720 valence electrons. The molecule has 1 aliphatic carbocycles. The second kappa shape index (κ2) is 48.4. The highest BCUT2D eigenvalue weighted by Gasteiger charge is 2.53. The summed E-state index contributed by atoms with van der Waals surface area (Å²) in [6.45, 7) is 15.3. The molecule has 1 aromatic carbocycles. The minimum atomic E-state index is -2.52. The van der Waals surface area contributed by atoms with E-state index in [0.29, 0.717) is 149 Å². The molecular formula is C93H128N20O20. The molecule has 1 saturated carbocycles. The summed E-state index contributed by atoms with van der Waals surface area (Å²) >= 11 is 0. The lowest BCUT2D eigenvalue weighted by Gasteiger charge is -2.42. The lowest BCUT2D eigenvalue weighted by atomic mass is 9.79. The second-order valence-corrected chi connectivity index (χ2v) is 35.2. The van der Waals surface area contributed by atoms with Gasteiger partial charge in [0, 0.05) is 157 Å². The number of aliphatic hydroxyl groups excluding tert-OH is 2. The lowest BCUT2D eigenvalue weighted by Crippen LogP contribution is -2.61. The Balaban J connectivity index is 0.512. The number of methoxy groups -OCH3 is 2. The Morgan fingerprint density at radius 2 is 1.47 bits per heavy atom. The molecule has 12 rings (SSSR count). The number of H-pyrrole nitrogens is 1. The van der Waals surface area contributed by atoms with Crippen LogP contribution in [0, 0.1) is 29.6 Å². The molecule has 0 radical (unpaired) electrons. The number of ketones is 3. The maximum atomic E-state index is 14.7. The molecule has 5 aliphatic rings. The van der Waals surface area contributed by atoms with Gasteiger partial charge in [0.2, 0.25) is 23.6 Å². The molecule has 7 aromatic rings. The van der Waals surface area contributed by atoms with E-state index in [9.17, 15) is 58.8 Å². The van der Waals surface area contributed by atoms with Crippen molar-refractivity contribution in [2.75, 3.05) is 115 Å². The molecule has 4 aliphatic heterocycles. The Bertz CT molecular complexity index is 5210. The van der Waals surface area contributed by atoms with E-state index in [2.05, 4.69) is 66.1 Å². The fraction of sp³-hybridized carbons (Fsp3) is 0.581. The Morgan fingerprint density at radius 1 is 0.752 bits per heavy atom. The quantitative estimate of drug-likeness (QED) is 0.00977. The Kier molecular flexibility index (Phi) is 36.6. The number of fused-ring (bicyclic) bond motifs is 5. The van der Waals surface area contributed by atoms with E-state index >= 15 is 0 Å². The van der Waals surface area contributed by atoms with Gasteiger partial charge < -0.3 is 105 Å². The normalized spacial score (nSPS) is 25.8. The summed E-state index contributed by atoms with van der Waals surface area (Å²) in [6, 6.07) is 4.45. The molecule has 4 amide bonds. The molecule has 133 heavy (non-hydrogen) atoms. The van der Waals surface area contributed by atoms with Crippen LogP contribution >= 0.6 is 0 Å². The monoisotopic (exact) mass is 1840 g/mol. The third-order valence-corrected chi connectivity index (χ3v) is 25.4. The highest BCUT2D eigenvalue weighted by atomic mass is 16.6. The van der Waals surface area contributed by atoms with Crippen molar-refractivity contribution in [3.05, 3.63) is 126 Å². The lowest BCUT2D eigenvalue weighted by molar-refractivity contribution is -0.265. The minimum Gasteiger partial charge on any atom is -0.508 e. The Labute approximate surface area is 772 Å². The topological polar surface area (TPSA) is 531 Å².